The molecule has 1 saturated heterocycles. The van der Waals surface area contributed by atoms with E-state index in [1.54, 1.807) is 34.6 Å². The molecule has 35 heavy (non-hydrogen) atoms. The van der Waals surface area contributed by atoms with Gasteiger partial charge in [-0.25, -0.2) is 9.59 Å². The number of hydrogen-bond acceptors (Lipinski definition) is 8. The number of rotatable bonds is 10. The molecule has 2 aliphatic rings. The van der Waals surface area contributed by atoms with Crippen molar-refractivity contribution in [1.29, 1.82) is 0 Å². The number of nitrogens with zero attached hydrogens (tertiary/aromatic N) is 1. The molecule has 12 heteroatoms. The van der Waals surface area contributed by atoms with E-state index in [1.807, 2.05) is 0 Å². The minimum atomic E-state index is -1.84. The van der Waals surface area contributed by atoms with Crippen LogP contribution in [0.1, 0.15) is 66.7 Å². The second-order valence-corrected chi connectivity index (χ2v) is 9.56. The Kier molecular flexibility index (Phi) is 9.87. The molecule has 198 valence electrons. The lowest BCUT2D eigenvalue weighted by Gasteiger charge is -2.42. The lowest BCUT2D eigenvalue weighted by atomic mass is 9.75. The van der Waals surface area contributed by atoms with Crippen LogP contribution in [-0.2, 0) is 28.7 Å². The summed E-state index contributed by atoms with van der Waals surface area (Å²) in [6.07, 6.45) is -0.574. The highest BCUT2D eigenvalue weighted by Gasteiger charge is 2.49. The van der Waals surface area contributed by atoms with E-state index in [-0.39, 0.29) is 18.6 Å². The third-order valence-corrected chi connectivity index (χ3v) is 6.17. The molecule has 12 nitrogen and oxygen atoms in total. The number of aliphatic hydroxyl groups is 1. The second-order valence-electron chi connectivity index (χ2n) is 9.56. The molecule has 0 bridgehead atoms. The van der Waals surface area contributed by atoms with E-state index >= 15 is 0 Å². The van der Waals surface area contributed by atoms with Crippen LogP contribution in [0, 0.1) is 5.92 Å². The first kappa shape index (κ1) is 28.3. The Morgan fingerprint density at radius 1 is 1.06 bits per heavy atom. The van der Waals surface area contributed by atoms with E-state index in [1.165, 1.54) is 4.90 Å². The summed E-state index contributed by atoms with van der Waals surface area (Å²) in [6, 6.07) is -1.69. The van der Waals surface area contributed by atoms with Gasteiger partial charge in [0.2, 0.25) is 23.9 Å². The summed E-state index contributed by atoms with van der Waals surface area (Å²) < 4.78 is 9.79. The Morgan fingerprint density at radius 2 is 1.71 bits per heavy atom. The van der Waals surface area contributed by atoms with Gasteiger partial charge in [-0.1, -0.05) is 13.8 Å². The zero-order valence-corrected chi connectivity index (χ0v) is 21.1. The van der Waals surface area contributed by atoms with Crippen molar-refractivity contribution in [3.8, 4) is 0 Å². The van der Waals surface area contributed by atoms with Gasteiger partial charge in [0.15, 0.2) is 0 Å². The van der Waals surface area contributed by atoms with Gasteiger partial charge in [-0.2, -0.15) is 0 Å². The van der Waals surface area contributed by atoms with Crippen LogP contribution in [0.2, 0.25) is 0 Å². The number of alkyl carbamates (subject to hydrolysis) is 1. The zero-order chi connectivity index (χ0) is 26.3. The summed E-state index contributed by atoms with van der Waals surface area (Å²) in [7, 11) is 0. The first-order valence-corrected chi connectivity index (χ1v) is 12.2. The largest absolute Gasteiger partial charge is 0.463 e. The number of aliphatic hydroxyl groups excluding tert-OH is 1. The normalized spacial score (nSPS) is 20.5. The van der Waals surface area contributed by atoms with Crippen LogP contribution in [0.25, 0.3) is 0 Å². The number of ether oxygens (including phenoxy) is 2. The fourth-order valence-electron chi connectivity index (χ4n) is 4.17. The molecule has 3 atom stereocenters. The van der Waals surface area contributed by atoms with E-state index in [0.29, 0.717) is 38.6 Å². The molecular weight excluding hydrogens is 460 g/mol. The van der Waals surface area contributed by atoms with Crippen LogP contribution in [-0.4, -0.2) is 82.9 Å². The maximum atomic E-state index is 13.3. The van der Waals surface area contributed by atoms with E-state index in [2.05, 4.69) is 20.7 Å². The van der Waals surface area contributed by atoms with E-state index in [0.717, 1.165) is 0 Å². The molecule has 1 heterocycles. The Bertz CT molecular complexity index is 811. The number of hydrogen-bond donors (Lipinski definition) is 4. The molecule has 2 rings (SSSR count). The molecule has 0 aromatic rings. The molecule has 0 spiro atoms. The summed E-state index contributed by atoms with van der Waals surface area (Å²) in [5.74, 6) is -2.82. The van der Waals surface area contributed by atoms with Crippen molar-refractivity contribution in [3.05, 3.63) is 0 Å². The third-order valence-electron chi connectivity index (χ3n) is 6.17. The molecule has 1 unspecified atom stereocenters. The molecule has 4 N–H and O–H groups in total. The average molecular weight is 499 g/mol. The van der Waals surface area contributed by atoms with Crippen LogP contribution in [0.4, 0.5) is 4.79 Å². The van der Waals surface area contributed by atoms with Gasteiger partial charge < -0.3 is 35.4 Å². The lowest BCUT2D eigenvalue weighted by molar-refractivity contribution is -0.159. The lowest BCUT2D eigenvalue weighted by Crippen LogP contribution is -2.67. The Labute approximate surface area is 205 Å². The third kappa shape index (κ3) is 7.06. The Hall–Kier alpha value is -2.89. The van der Waals surface area contributed by atoms with E-state index in [4.69, 9.17) is 4.74 Å². The van der Waals surface area contributed by atoms with Crippen molar-refractivity contribution in [2.75, 3.05) is 13.2 Å². The molecule has 0 aromatic carbocycles. The standard InChI is InChI=1S/C23H38N4O8/c1-6-34-20(31)18(29)25-21(32)23(10-8-11-23)26-17(28)15-9-7-12-27(15)19(30)16(13(2)3)24-22(33)35-14(4)5/h13-16,18,29H,6-12H2,1-5H3,(H,24,33)(H,25,32)(H,26,28)/t15-,16-,18?/m0/s1. The van der Waals surface area contributed by atoms with Gasteiger partial charge in [0, 0.05) is 6.54 Å². The molecule has 1 aliphatic carbocycles. The SMILES string of the molecule is CCOC(=O)C(O)NC(=O)C1(NC(=O)[C@@H]2CCCN2C(=O)[C@@H](NC(=O)OC(C)C)C(C)C)CCC1. The summed E-state index contributed by atoms with van der Waals surface area (Å²) >= 11 is 0. The van der Waals surface area contributed by atoms with Gasteiger partial charge in [-0.15, -0.1) is 0 Å². The van der Waals surface area contributed by atoms with E-state index < -0.39 is 53.6 Å². The topological polar surface area (TPSA) is 163 Å². The molecule has 4 amide bonds. The van der Waals surface area contributed by atoms with Crippen LogP contribution >= 0.6 is 0 Å². The summed E-state index contributed by atoms with van der Waals surface area (Å²) in [5.41, 5.74) is -1.28. The highest BCUT2D eigenvalue weighted by molar-refractivity contribution is 5.97. The quantitative estimate of drug-likeness (QED) is 0.245. The van der Waals surface area contributed by atoms with Crippen molar-refractivity contribution in [2.24, 2.45) is 5.92 Å². The summed E-state index contributed by atoms with van der Waals surface area (Å²) in [6.45, 7) is 8.91. The number of nitrogens with one attached hydrogen (secondary N) is 3. The first-order valence-electron chi connectivity index (χ1n) is 12.2. The van der Waals surface area contributed by atoms with Crippen molar-refractivity contribution in [2.45, 2.75) is 96.7 Å². The summed E-state index contributed by atoms with van der Waals surface area (Å²) in [5, 5.41) is 17.4. The maximum absolute atomic E-state index is 13.3. The van der Waals surface area contributed by atoms with Crippen LogP contribution < -0.4 is 16.0 Å². The summed E-state index contributed by atoms with van der Waals surface area (Å²) in [4.78, 5) is 64.5. The minimum Gasteiger partial charge on any atom is -0.463 e. The van der Waals surface area contributed by atoms with Gasteiger partial charge in [0.25, 0.3) is 0 Å². The number of carbonyl (C=O) groups excluding carboxylic acids is 5. The average Bonchev–Trinajstić information content (AvgIpc) is 3.23. The van der Waals surface area contributed by atoms with Gasteiger partial charge in [0.05, 0.1) is 12.7 Å². The van der Waals surface area contributed by atoms with Crippen LogP contribution in [0.5, 0.6) is 0 Å². The van der Waals surface area contributed by atoms with Crippen LogP contribution in [0.3, 0.4) is 0 Å². The predicted octanol–water partition coefficient (Wildman–Crippen LogP) is 0.173. The zero-order valence-electron chi connectivity index (χ0n) is 21.1. The number of esters is 1. The maximum Gasteiger partial charge on any atom is 0.408 e. The van der Waals surface area contributed by atoms with Gasteiger partial charge >= 0.3 is 12.1 Å². The monoisotopic (exact) mass is 498 g/mol. The van der Waals surface area contributed by atoms with Crippen molar-refractivity contribution in [3.63, 3.8) is 0 Å². The Balaban J connectivity index is 2.08. The predicted molar refractivity (Wildman–Crippen MR) is 124 cm³/mol. The minimum absolute atomic E-state index is 0.0423. The van der Waals surface area contributed by atoms with Crippen molar-refractivity contribution in [1.82, 2.24) is 20.9 Å². The fraction of sp³-hybridized carbons (Fsp3) is 0.783. The van der Waals surface area contributed by atoms with Gasteiger partial charge in [0.1, 0.15) is 17.6 Å². The molecule has 1 saturated carbocycles. The molecular formula is C23H38N4O8. The highest BCUT2D eigenvalue weighted by Crippen LogP contribution is 2.33. The van der Waals surface area contributed by atoms with Crippen molar-refractivity contribution >= 4 is 29.8 Å². The smallest absolute Gasteiger partial charge is 0.408 e. The second kappa shape index (κ2) is 12.2. The highest BCUT2D eigenvalue weighted by atomic mass is 16.6. The molecule has 0 aromatic heterocycles. The van der Waals surface area contributed by atoms with Gasteiger partial charge in [-0.05, 0) is 58.8 Å². The number of likely N-dealkylation sites (tertiary alicyclic amines) is 1. The molecule has 2 fully saturated rings. The Morgan fingerprint density at radius 3 is 2.23 bits per heavy atom. The van der Waals surface area contributed by atoms with Gasteiger partial charge in [-0.3, -0.25) is 14.4 Å². The first-order chi connectivity index (χ1) is 16.4. The number of amides is 4. The van der Waals surface area contributed by atoms with Crippen molar-refractivity contribution < 1.29 is 38.6 Å². The fourth-order valence-corrected chi connectivity index (χ4v) is 4.17. The number of carbonyl (C=O) groups is 5. The molecule has 0 radical (unpaired) electrons. The molecule has 1 aliphatic heterocycles. The van der Waals surface area contributed by atoms with Crippen LogP contribution in [0.15, 0.2) is 0 Å². The van der Waals surface area contributed by atoms with E-state index in [9.17, 15) is 29.1 Å².